The highest BCUT2D eigenvalue weighted by atomic mass is 35.5. The van der Waals surface area contributed by atoms with Crippen LogP contribution in [0.5, 0.6) is 0 Å². The first-order chi connectivity index (χ1) is 6.29. The topological polar surface area (TPSA) is 12.9 Å². The van der Waals surface area contributed by atoms with E-state index >= 15 is 0 Å². The molecule has 0 amide bonds. The Hall–Kier alpha value is -0.0800. The van der Waals surface area contributed by atoms with Gasteiger partial charge >= 0.3 is 0 Å². The molecule has 1 heterocycles. The molecule has 0 spiro atoms. The molecule has 72 valence electrons. The Morgan fingerprint density at radius 2 is 2.46 bits per heavy atom. The molecule has 0 saturated carbocycles. The van der Waals surface area contributed by atoms with E-state index in [4.69, 9.17) is 11.6 Å². The van der Waals surface area contributed by atoms with Crippen molar-refractivity contribution in [3.8, 4) is 0 Å². The molecule has 1 aromatic heterocycles. The van der Waals surface area contributed by atoms with E-state index < -0.39 is 0 Å². The summed E-state index contributed by atoms with van der Waals surface area (Å²) in [6, 6.07) is 0. The third-order valence-corrected chi connectivity index (χ3v) is 3.94. The zero-order chi connectivity index (χ0) is 9.26. The molecule has 1 aliphatic rings. The summed E-state index contributed by atoms with van der Waals surface area (Å²) >= 11 is 7.56. The summed E-state index contributed by atoms with van der Waals surface area (Å²) < 4.78 is 0.724. The normalized spacial score (nSPS) is 21.5. The number of hydrogen-bond donors (Lipinski definition) is 0. The lowest BCUT2D eigenvalue weighted by molar-refractivity contribution is 0.424. The van der Waals surface area contributed by atoms with Gasteiger partial charge in [-0.25, -0.2) is 4.98 Å². The standard InChI is InChI=1S/C10H14ClNS/c1-2-3-7-4-5-8-9(6-7)13-10(11)12-8/h7H,2-6H2,1H3. The van der Waals surface area contributed by atoms with Crippen LogP contribution in [-0.2, 0) is 12.8 Å². The van der Waals surface area contributed by atoms with E-state index in [0.29, 0.717) is 0 Å². The van der Waals surface area contributed by atoms with Crippen LogP contribution in [0.3, 0.4) is 0 Å². The molecule has 1 aliphatic carbocycles. The van der Waals surface area contributed by atoms with Gasteiger partial charge in [0.1, 0.15) is 0 Å². The Morgan fingerprint density at radius 1 is 1.62 bits per heavy atom. The van der Waals surface area contributed by atoms with Crippen molar-refractivity contribution in [1.82, 2.24) is 4.98 Å². The Morgan fingerprint density at radius 3 is 3.23 bits per heavy atom. The molecule has 0 N–H and O–H groups in total. The predicted molar refractivity (Wildman–Crippen MR) is 57.5 cm³/mol. The highest BCUT2D eigenvalue weighted by Crippen LogP contribution is 2.33. The number of aromatic nitrogens is 1. The Kier molecular flexibility index (Phi) is 2.89. The molecule has 1 atom stereocenters. The van der Waals surface area contributed by atoms with Gasteiger partial charge in [-0.3, -0.25) is 0 Å². The SMILES string of the molecule is CCCC1CCc2nc(Cl)sc2C1. The lowest BCUT2D eigenvalue weighted by Crippen LogP contribution is -2.12. The molecule has 0 aromatic carbocycles. The van der Waals surface area contributed by atoms with Gasteiger partial charge in [-0.15, -0.1) is 11.3 Å². The molecule has 3 heteroatoms. The summed E-state index contributed by atoms with van der Waals surface area (Å²) in [6.45, 7) is 2.26. The van der Waals surface area contributed by atoms with Gasteiger partial charge in [-0.1, -0.05) is 31.4 Å². The van der Waals surface area contributed by atoms with E-state index in [9.17, 15) is 0 Å². The van der Waals surface area contributed by atoms with Crippen LogP contribution >= 0.6 is 22.9 Å². The van der Waals surface area contributed by atoms with Crippen LogP contribution in [0.2, 0.25) is 4.47 Å². The highest BCUT2D eigenvalue weighted by Gasteiger charge is 2.21. The summed E-state index contributed by atoms with van der Waals surface area (Å²) in [4.78, 5) is 5.77. The Balaban J connectivity index is 2.10. The minimum atomic E-state index is 0.724. The third kappa shape index (κ3) is 2.05. The molecule has 0 bridgehead atoms. The van der Waals surface area contributed by atoms with Crippen molar-refractivity contribution < 1.29 is 0 Å². The molecular weight excluding hydrogens is 202 g/mol. The molecule has 1 unspecified atom stereocenters. The lowest BCUT2D eigenvalue weighted by atomic mass is 9.88. The predicted octanol–water partition coefficient (Wildman–Crippen LogP) is 3.70. The van der Waals surface area contributed by atoms with Crippen molar-refractivity contribution in [1.29, 1.82) is 0 Å². The summed E-state index contributed by atoms with van der Waals surface area (Å²) in [5.74, 6) is 0.883. The molecule has 0 aliphatic heterocycles. The molecule has 2 rings (SSSR count). The first kappa shape index (κ1) is 9.47. The summed E-state index contributed by atoms with van der Waals surface area (Å²) in [5.41, 5.74) is 1.27. The van der Waals surface area contributed by atoms with Crippen molar-refractivity contribution in [3.63, 3.8) is 0 Å². The average Bonchev–Trinajstić information content (AvgIpc) is 2.44. The minimum absolute atomic E-state index is 0.724. The zero-order valence-electron chi connectivity index (χ0n) is 7.85. The van der Waals surface area contributed by atoms with Crippen molar-refractivity contribution in [2.75, 3.05) is 0 Å². The monoisotopic (exact) mass is 215 g/mol. The fourth-order valence-corrected chi connectivity index (χ4v) is 3.39. The number of nitrogens with zero attached hydrogens (tertiary/aromatic N) is 1. The molecule has 13 heavy (non-hydrogen) atoms. The van der Waals surface area contributed by atoms with Crippen molar-refractivity contribution in [2.24, 2.45) is 5.92 Å². The number of hydrogen-bond acceptors (Lipinski definition) is 2. The summed E-state index contributed by atoms with van der Waals surface area (Å²) in [6.07, 6.45) is 6.32. The van der Waals surface area contributed by atoms with Gasteiger partial charge in [0.05, 0.1) is 5.69 Å². The molecule has 1 aromatic rings. The summed E-state index contributed by atoms with van der Waals surface area (Å²) in [7, 11) is 0. The van der Waals surface area contributed by atoms with Crippen molar-refractivity contribution >= 4 is 22.9 Å². The fraction of sp³-hybridized carbons (Fsp3) is 0.700. The zero-order valence-corrected chi connectivity index (χ0v) is 9.42. The van der Waals surface area contributed by atoms with E-state index in [1.54, 1.807) is 11.3 Å². The lowest BCUT2D eigenvalue weighted by Gasteiger charge is -2.19. The average molecular weight is 216 g/mol. The largest absolute Gasteiger partial charge is 0.230 e. The number of halogens is 1. The van der Waals surface area contributed by atoms with Gasteiger partial charge < -0.3 is 0 Å². The smallest absolute Gasteiger partial charge is 0.184 e. The fourth-order valence-electron chi connectivity index (χ4n) is 2.07. The van der Waals surface area contributed by atoms with Crippen LogP contribution in [0.25, 0.3) is 0 Å². The van der Waals surface area contributed by atoms with Gasteiger partial charge in [0.15, 0.2) is 4.47 Å². The van der Waals surface area contributed by atoms with Crippen molar-refractivity contribution in [2.45, 2.75) is 39.0 Å². The van der Waals surface area contributed by atoms with E-state index in [2.05, 4.69) is 11.9 Å². The maximum Gasteiger partial charge on any atom is 0.184 e. The Labute approximate surface area is 88.1 Å². The van der Waals surface area contributed by atoms with E-state index in [1.807, 2.05) is 0 Å². The minimum Gasteiger partial charge on any atom is -0.230 e. The number of thiazole rings is 1. The van der Waals surface area contributed by atoms with Gasteiger partial charge in [0, 0.05) is 4.88 Å². The van der Waals surface area contributed by atoms with E-state index in [-0.39, 0.29) is 0 Å². The second kappa shape index (κ2) is 3.97. The van der Waals surface area contributed by atoms with Crippen LogP contribution in [0.4, 0.5) is 0 Å². The number of aryl methyl sites for hydroxylation is 1. The maximum atomic E-state index is 5.88. The highest BCUT2D eigenvalue weighted by molar-refractivity contribution is 7.15. The quantitative estimate of drug-likeness (QED) is 0.733. The van der Waals surface area contributed by atoms with E-state index in [1.165, 1.54) is 36.3 Å². The Bertz CT molecular complexity index is 295. The molecule has 0 saturated heterocycles. The van der Waals surface area contributed by atoms with E-state index in [0.717, 1.165) is 16.8 Å². The van der Waals surface area contributed by atoms with Crippen LogP contribution < -0.4 is 0 Å². The maximum absolute atomic E-state index is 5.88. The molecule has 0 fully saturated rings. The molecule has 1 nitrogen and oxygen atoms in total. The van der Waals surface area contributed by atoms with Crippen LogP contribution in [0.15, 0.2) is 0 Å². The van der Waals surface area contributed by atoms with Gasteiger partial charge in [0.25, 0.3) is 0 Å². The van der Waals surface area contributed by atoms with Gasteiger partial charge in [0.2, 0.25) is 0 Å². The number of rotatable bonds is 2. The first-order valence-electron chi connectivity index (χ1n) is 4.93. The third-order valence-electron chi connectivity index (χ3n) is 2.71. The second-order valence-electron chi connectivity index (χ2n) is 3.73. The van der Waals surface area contributed by atoms with Crippen LogP contribution in [0, 0.1) is 5.92 Å². The van der Waals surface area contributed by atoms with Crippen LogP contribution in [0.1, 0.15) is 36.8 Å². The van der Waals surface area contributed by atoms with Gasteiger partial charge in [-0.05, 0) is 25.2 Å². The summed E-state index contributed by atoms with van der Waals surface area (Å²) in [5, 5.41) is 0. The molecule has 0 radical (unpaired) electrons. The van der Waals surface area contributed by atoms with Gasteiger partial charge in [-0.2, -0.15) is 0 Å². The second-order valence-corrected chi connectivity index (χ2v) is 5.40. The van der Waals surface area contributed by atoms with Crippen LogP contribution in [-0.4, -0.2) is 4.98 Å². The van der Waals surface area contributed by atoms with Crippen molar-refractivity contribution in [3.05, 3.63) is 15.0 Å². The first-order valence-corrected chi connectivity index (χ1v) is 6.13. The molecular formula is C10H14ClNS. The number of fused-ring (bicyclic) bond motifs is 1.